The third-order valence-corrected chi connectivity index (χ3v) is 5.59. The molecular formula is C24H29F3O2. The predicted molar refractivity (Wildman–Crippen MR) is 109 cm³/mol. The van der Waals surface area contributed by atoms with Gasteiger partial charge in [0, 0.05) is 24.7 Å². The van der Waals surface area contributed by atoms with Crippen molar-refractivity contribution in [3.8, 4) is 11.1 Å². The van der Waals surface area contributed by atoms with Crippen molar-refractivity contribution in [1.29, 1.82) is 0 Å². The summed E-state index contributed by atoms with van der Waals surface area (Å²) in [7, 11) is 0. The molecule has 0 N–H and O–H groups in total. The van der Waals surface area contributed by atoms with Crippen molar-refractivity contribution in [2.75, 3.05) is 19.8 Å². The summed E-state index contributed by atoms with van der Waals surface area (Å²) in [4.78, 5) is 0. The molecule has 0 bridgehead atoms. The fourth-order valence-electron chi connectivity index (χ4n) is 3.94. The Bertz CT molecular complexity index is 814. The molecule has 1 heterocycles. The van der Waals surface area contributed by atoms with Gasteiger partial charge in [-0.2, -0.15) is 0 Å². The van der Waals surface area contributed by atoms with Gasteiger partial charge in [-0.05, 0) is 55.4 Å². The summed E-state index contributed by atoms with van der Waals surface area (Å²) in [6.07, 6.45) is 3.90. The maximum Gasteiger partial charge on any atom is 0.166 e. The first-order valence-corrected chi connectivity index (χ1v) is 10.5. The highest BCUT2D eigenvalue weighted by molar-refractivity contribution is 5.65. The van der Waals surface area contributed by atoms with Gasteiger partial charge in [0.15, 0.2) is 11.6 Å². The third kappa shape index (κ3) is 5.20. The molecular weight excluding hydrogens is 377 g/mol. The van der Waals surface area contributed by atoms with Gasteiger partial charge in [0.25, 0.3) is 0 Å². The lowest BCUT2D eigenvalue weighted by atomic mass is 9.89. The van der Waals surface area contributed by atoms with E-state index in [0.29, 0.717) is 42.9 Å². The first-order chi connectivity index (χ1) is 14.0. The summed E-state index contributed by atoms with van der Waals surface area (Å²) < 4.78 is 54.8. The standard InChI is InChI=1S/C24H29F3O2/c1-3-5-16-7-11-21(24(27)23(16)26)17-8-10-20(22(25)14-17)18-6-9-19(29-15-18)12-13-28-4-2/h7-8,10-11,14,18-19H,3-6,9,12-13,15H2,1-2H3. The molecule has 2 aromatic carbocycles. The van der Waals surface area contributed by atoms with Crippen molar-refractivity contribution in [2.24, 2.45) is 0 Å². The Balaban J connectivity index is 1.71. The summed E-state index contributed by atoms with van der Waals surface area (Å²) in [5, 5.41) is 0. The second-order valence-corrected chi connectivity index (χ2v) is 7.60. The molecule has 3 rings (SSSR count). The van der Waals surface area contributed by atoms with E-state index in [2.05, 4.69) is 0 Å². The van der Waals surface area contributed by atoms with Gasteiger partial charge in [-0.15, -0.1) is 0 Å². The van der Waals surface area contributed by atoms with E-state index in [1.54, 1.807) is 18.2 Å². The van der Waals surface area contributed by atoms with Crippen LogP contribution in [0.25, 0.3) is 11.1 Å². The van der Waals surface area contributed by atoms with E-state index >= 15 is 0 Å². The first kappa shape index (κ1) is 21.8. The van der Waals surface area contributed by atoms with Crippen LogP contribution >= 0.6 is 0 Å². The van der Waals surface area contributed by atoms with Gasteiger partial charge in [-0.1, -0.05) is 37.6 Å². The van der Waals surface area contributed by atoms with E-state index in [1.165, 1.54) is 12.1 Å². The van der Waals surface area contributed by atoms with Crippen LogP contribution < -0.4 is 0 Å². The fraction of sp³-hybridized carbons (Fsp3) is 0.500. The van der Waals surface area contributed by atoms with Crippen molar-refractivity contribution in [3.63, 3.8) is 0 Å². The molecule has 2 unspecified atom stereocenters. The minimum Gasteiger partial charge on any atom is -0.382 e. The van der Waals surface area contributed by atoms with E-state index < -0.39 is 17.5 Å². The highest BCUT2D eigenvalue weighted by atomic mass is 19.2. The fourth-order valence-corrected chi connectivity index (χ4v) is 3.94. The summed E-state index contributed by atoms with van der Waals surface area (Å²) in [6.45, 7) is 5.70. The molecule has 5 heteroatoms. The zero-order valence-electron chi connectivity index (χ0n) is 17.1. The van der Waals surface area contributed by atoms with E-state index in [0.717, 1.165) is 25.7 Å². The van der Waals surface area contributed by atoms with Gasteiger partial charge in [-0.3, -0.25) is 0 Å². The number of benzene rings is 2. The molecule has 1 fully saturated rings. The molecule has 1 aliphatic heterocycles. The Labute approximate surface area is 171 Å². The van der Waals surface area contributed by atoms with Crippen molar-refractivity contribution in [3.05, 3.63) is 58.9 Å². The number of rotatable bonds is 8. The minimum atomic E-state index is -0.916. The number of aryl methyl sites for hydroxylation is 1. The van der Waals surface area contributed by atoms with Gasteiger partial charge >= 0.3 is 0 Å². The van der Waals surface area contributed by atoms with Crippen molar-refractivity contribution < 1.29 is 22.6 Å². The molecule has 2 aromatic rings. The Morgan fingerprint density at radius 3 is 2.52 bits per heavy atom. The monoisotopic (exact) mass is 406 g/mol. The minimum absolute atomic E-state index is 0.0269. The normalized spacial score (nSPS) is 19.5. The largest absolute Gasteiger partial charge is 0.382 e. The number of ether oxygens (including phenoxy) is 2. The zero-order valence-corrected chi connectivity index (χ0v) is 17.1. The van der Waals surface area contributed by atoms with Gasteiger partial charge in [0.1, 0.15) is 5.82 Å². The summed E-state index contributed by atoms with van der Waals surface area (Å²) in [5.41, 5.74) is 1.35. The molecule has 0 aliphatic carbocycles. The Kier molecular flexibility index (Phi) is 7.73. The van der Waals surface area contributed by atoms with Crippen molar-refractivity contribution in [1.82, 2.24) is 0 Å². The van der Waals surface area contributed by atoms with Crippen LogP contribution in [0.4, 0.5) is 13.2 Å². The molecule has 0 saturated carbocycles. The van der Waals surface area contributed by atoms with Gasteiger partial charge in [-0.25, -0.2) is 13.2 Å². The lowest BCUT2D eigenvalue weighted by molar-refractivity contribution is -0.0167. The molecule has 2 nitrogen and oxygen atoms in total. The van der Waals surface area contributed by atoms with Crippen LogP contribution in [0.5, 0.6) is 0 Å². The van der Waals surface area contributed by atoms with E-state index in [1.807, 2.05) is 13.8 Å². The van der Waals surface area contributed by atoms with E-state index in [-0.39, 0.29) is 17.6 Å². The van der Waals surface area contributed by atoms with E-state index in [9.17, 15) is 13.2 Å². The van der Waals surface area contributed by atoms with Gasteiger partial charge < -0.3 is 9.47 Å². The quantitative estimate of drug-likeness (QED) is 0.472. The lowest BCUT2D eigenvalue weighted by Gasteiger charge is -2.29. The summed E-state index contributed by atoms with van der Waals surface area (Å²) in [5.74, 6) is -2.18. The predicted octanol–water partition coefficient (Wildman–Crippen LogP) is 6.41. The molecule has 0 aromatic heterocycles. The first-order valence-electron chi connectivity index (χ1n) is 10.5. The molecule has 29 heavy (non-hydrogen) atoms. The zero-order chi connectivity index (χ0) is 20.8. The van der Waals surface area contributed by atoms with Crippen molar-refractivity contribution >= 4 is 0 Å². The van der Waals surface area contributed by atoms with Crippen LogP contribution in [0, 0.1) is 17.5 Å². The maximum absolute atomic E-state index is 14.8. The van der Waals surface area contributed by atoms with Crippen LogP contribution in [0.3, 0.4) is 0 Å². The molecule has 158 valence electrons. The molecule has 1 aliphatic rings. The van der Waals surface area contributed by atoms with Gasteiger partial charge in [0.05, 0.1) is 12.7 Å². The second-order valence-electron chi connectivity index (χ2n) is 7.60. The molecule has 0 spiro atoms. The second kappa shape index (κ2) is 10.3. The number of hydrogen-bond donors (Lipinski definition) is 0. The molecule has 0 amide bonds. The average Bonchev–Trinajstić information content (AvgIpc) is 2.72. The highest BCUT2D eigenvalue weighted by Crippen LogP contribution is 2.34. The maximum atomic E-state index is 14.8. The Morgan fingerprint density at radius 1 is 1.03 bits per heavy atom. The van der Waals surface area contributed by atoms with Gasteiger partial charge in [0.2, 0.25) is 0 Å². The summed E-state index contributed by atoms with van der Waals surface area (Å²) >= 11 is 0. The highest BCUT2D eigenvalue weighted by Gasteiger charge is 2.25. The molecule has 1 saturated heterocycles. The van der Waals surface area contributed by atoms with Crippen LogP contribution in [-0.2, 0) is 15.9 Å². The van der Waals surface area contributed by atoms with Crippen LogP contribution in [-0.4, -0.2) is 25.9 Å². The van der Waals surface area contributed by atoms with Crippen LogP contribution in [0.2, 0.25) is 0 Å². The average molecular weight is 406 g/mol. The number of hydrogen-bond acceptors (Lipinski definition) is 2. The topological polar surface area (TPSA) is 18.5 Å². The van der Waals surface area contributed by atoms with Crippen molar-refractivity contribution in [2.45, 2.75) is 58.0 Å². The number of halogens is 3. The van der Waals surface area contributed by atoms with E-state index in [4.69, 9.17) is 9.47 Å². The van der Waals surface area contributed by atoms with Crippen LogP contribution in [0.1, 0.15) is 56.6 Å². The lowest BCUT2D eigenvalue weighted by Crippen LogP contribution is -2.26. The van der Waals surface area contributed by atoms with Crippen LogP contribution in [0.15, 0.2) is 30.3 Å². The smallest absolute Gasteiger partial charge is 0.166 e. The third-order valence-electron chi connectivity index (χ3n) is 5.59. The summed E-state index contributed by atoms with van der Waals surface area (Å²) in [6, 6.07) is 7.76. The SMILES string of the molecule is CCCc1ccc(-c2ccc(C3CCC(CCOCC)OC3)c(F)c2)c(F)c1F. The molecule has 2 atom stereocenters. The Morgan fingerprint density at radius 2 is 1.86 bits per heavy atom. The molecule has 0 radical (unpaired) electrons. The Hall–Kier alpha value is -1.85.